The number of imide groups is 1. The van der Waals surface area contributed by atoms with Crippen molar-refractivity contribution < 1.29 is 23.1 Å². The van der Waals surface area contributed by atoms with E-state index in [-0.39, 0.29) is 36.4 Å². The van der Waals surface area contributed by atoms with Crippen molar-refractivity contribution in [3.05, 3.63) is 71.3 Å². The van der Waals surface area contributed by atoms with E-state index in [9.17, 15) is 18.4 Å². The number of hydrogen-bond donors (Lipinski definition) is 0. The Kier molecular flexibility index (Phi) is 5.70. The highest BCUT2D eigenvalue weighted by Crippen LogP contribution is 2.44. The van der Waals surface area contributed by atoms with E-state index in [2.05, 4.69) is 22.6 Å². The Morgan fingerprint density at radius 1 is 1.21 bits per heavy atom. The second-order valence-electron chi connectivity index (χ2n) is 7.53. The summed E-state index contributed by atoms with van der Waals surface area (Å²) in [6.07, 6.45) is 1.16. The van der Waals surface area contributed by atoms with Gasteiger partial charge in [0, 0.05) is 22.5 Å². The van der Waals surface area contributed by atoms with Crippen LogP contribution < -0.4 is 0 Å². The maximum Gasteiger partial charge on any atom is 0.235 e. The van der Waals surface area contributed by atoms with Gasteiger partial charge in [0.1, 0.15) is 17.2 Å². The van der Waals surface area contributed by atoms with Crippen LogP contribution >= 0.6 is 22.6 Å². The van der Waals surface area contributed by atoms with E-state index in [1.54, 1.807) is 0 Å². The summed E-state index contributed by atoms with van der Waals surface area (Å²) in [5, 5.41) is 0. The van der Waals surface area contributed by atoms with Crippen molar-refractivity contribution in [2.75, 3.05) is 11.0 Å². The van der Waals surface area contributed by atoms with Crippen LogP contribution in [0.5, 0.6) is 0 Å². The molecule has 2 saturated heterocycles. The van der Waals surface area contributed by atoms with Crippen molar-refractivity contribution >= 4 is 34.4 Å². The summed E-state index contributed by atoms with van der Waals surface area (Å²) < 4.78 is 34.1. The van der Waals surface area contributed by atoms with Crippen LogP contribution in [-0.2, 0) is 19.9 Å². The molecule has 2 aromatic rings. The van der Waals surface area contributed by atoms with Gasteiger partial charge in [-0.15, -0.1) is 0 Å². The number of rotatable bonds is 4. The third-order valence-corrected chi connectivity index (χ3v) is 6.99. The highest BCUT2D eigenvalue weighted by atomic mass is 127. The molecule has 0 unspecified atom stereocenters. The second-order valence-corrected chi connectivity index (χ2v) is 8.29. The SMILES string of the molecule is O=C1CC[C@@H](c2ccccc2)N1C(=O)[C@@H]1CO[C@@](CI)(c2ccc(F)cc2F)C1. The minimum Gasteiger partial charge on any atom is -0.369 e. The molecule has 2 amide bonds. The maximum atomic E-state index is 14.4. The first kappa shape index (κ1) is 20.4. The van der Waals surface area contributed by atoms with E-state index in [0.717, 1.165) is 11.6 Å². The van der Waals surface area contributed by atoms with Gasteiger partial charge in [-0.2, -0.15) is 0 Å². The smallest absolute Gasteiger partial charge is 0.235 e. The Morgan fingerprint density at radius 3 is 2.66 bits per heavy atom. The number of benzene rings is 2. The molecule has 2 aliphatic heterocycles. The van der Waals surface area contributed by atoms with Crippen molar-refractivity contribution in [3.8, 4) is 0 Å². The summed E-state index contributed by atoms with van der Waals surface area (Å²) in [5.41, 5.74) is 0.162. The molecular formula is C22H20F2INO3. The normalized spacial score (nSPS) is 26.9. The molecule has 4 nitrogen and oxygen atoms in total. The molecule has 4 rings (SSSR count). The zero-order chi connectivity index (χ0) is 20.6. The Labute approximate surface area is 181 Å². The molecule has 0 radical (unpaired) electrons. The molecule has 2 aliphatic rings. The predicted molar refractivity (Wildman–Crippen MR) is 111 cm³/mol. The van der Waals surface area contributed by atoms with Crippen LogP contribution in [0.4, 0.5) is 8.78 Å². The van der Waals surface area contributed by atoms with Gasteiger partial charge >= 0.3 is 0 Å². The number of carbonyl (C=O) groups excluding carboxylic acids is 2. The Bertz CT molecular complexity index is 939. The zero-order valence-electron chi connectivity index (χ0n) is 15.6. The Morgan fingerprint density at radius 2 is 1.97 bits per heavy atom. The Balaban J connectivity index is 1.59. The van der Waals surface area contributed by atoms with E-state index >= 15 is 0 Å². The molecule has 0 aliphatic carbocycles. The average Bonchev–Trinajstić information content (AvgIpc) is 3.33. The van der Waals surface area contributed by atoms with Crippen molar-refractivity contribution in [2.24, 2.45) is 5.92 Å². The quantitative estimate of drug-likeness (QED) is 0.345. The van der Waals surface area contributed by atoms with E-state index in [1.807, 2.05) is 30.3 Å². The summed E-state index contributed by atoms with van der Waals surface area (Å²) in [6.45, 7) is 0.101. The van der Waals surface area contributed by atoms with Crippen LogP contribution in [0, 0.1) is 17.6 Å². The van der Waals surface area contributed by atoms with Crippen LogP contribution in [-0.4, -0.2) is 27.7 Å². The maximum absolute atomic E-state index is 14.4. The fourth-order valence-electron chi connectivity index (χ4n) is 4.29. The fourth-order valence-corrected chi connectivity index (χ4v) is 5.24. The first-order valence-corrected chi connectivity index (χ1v) is 11.0. The molecule has 0 spiro atoms. The lowest BCUT2D eigenvalue weighted by atomic mass is 9.88. The van der Waals surface area contributed by atoms with Crippen molar-refractivity contribution in [1.82, 2.24) is 4.90 Å². The first-order valence-electron chi connectivity index (χ1n) is 9.51. The molecule has 29 heavy (non-hydrogen) atoms. The van der Waals surface area contributed by atoms with Gasteiger partial charge in [-0.3, -0.25) is 14.5 Å². The summed E-state index contributed by atoms with van der Waals surface area (Å²) in [7, 11) is 0. The minimum absolute atomic E-state index is 0.101. The van der Waals surface area contributed by atoms with E-state index in [0.29, 0.717) is 17.3 Å². The molecule has 2 fully saturated rings. The number of carbonyl (C=O) groups is 2. The Hall–Kier alpha value is -1.87. The van der Waals surface area contributed by atoms with Crippen LogP contribution in [0.1, 0.15) is 36.4 Å². The minimum atomic E-state index is -1.01. The summed E-state index contributed by atoms with van der Waals surface area (Å²) in [6, 6.07) is 12.6. The van der Waals surface area contributed by atoms with Gasteiger partial charge in [0.05, 0.1) is 18.6 Å². The number of halogens is 3. The largest absolute Gasteiger partial charge is 0.369 e. The highest BCUT2D eigenvalue weighted by molar-refractivity contribution is 14.1. The molecule has 152 valence electrons. The first-order chi connectivity index (χ1) is 13.9. The molecular weight excluding hydrogens is 491 g/mol. The van der Waals surface area contributed by atoms with E-state index in [1.165, 1.54) is 17.0 Å². The second kappa shape index (κ2) is 8.10. The number of hydrogen-bond acceptors (Lipinski definition) is 3. The third kappa shape index (κ3) is 3.70. The topological polar surface area (TPSA) is 46.6 Å². The molecule has 0 N–H and O–H groups in total. The molecule has 0 aromatic heterocycles. The molecule has 2 heterocycles. The summed E-state index contributed by atoms with van der Waals surface area (Å²) >= 11 is 2.09. The van der Waals surface area contributed by atoms with Gasteiger partial charge in [-0.1, -0.05) is 59.0 Å². The van der Waals surface area contributed by atoms with Gasteiger partial charge in [0.2, 0.25) is 11.8 Å². The molecule has 3 atom stereocenters. The van der Waals surface area contributed by atoms with Crippen molar-refractivity contribution in [3.63, 3.8) is 0 Å². The summed E-state index contributed by atoms with van der Waals surface area (Å²) in [4.78, 5) is 27.1. The number of nitrogens with zero attached hydrogens (tertiary/aromatic N) is 1. The van der Waals surface area contributed by atoms with Gasteiger partial charge < -0.3 is 4.74 Å². The van der Waals surface area contributed by atoms with Crippen LogP contribution in [0.15, 0.2) is 48.5 Å². The number of ether oxygens (including phenoxy) is 1. The molecule has 2 aromatic carbocycles. The van der Waals surface area contributed by atoms with Gasteiger partial charge in [0.15, 0.2) is 0 Å². The van der Waals surface area contributed by atoms with E-state index in [4.69, 9.17) is 4.74 Å². The lowest BCUT2D eigenvalue weighted by Gasteiger charge is -2.28. The third-order valence-electron chi connectivity index (χ3n) is 5.76. The number of likely N-dealkylation sites (tertiary alicyclic amines) is 1. The van der Waals surface area contributed by atoms with Gasteiger partial charge in [0.25, 0.3) is 0 Å². The standard InChI is InChI=1S/C22H20F2INO3/c23-16-6-7-17(18(24)10-16)22(13-25)11-15(12-29-22)21(28)26-19(8-9-20(26)27)14-4-2-1-3-5-14/h1-7,10,15,19H,8-9,11-13H2/t15-,19-,22-/m0/s1. The number of amides is 2. The predicted octanol–water partition coefficient (Wildman–Crippen LogP) is 4.52. The van der Waals surface area contributed by atoms with Gasteiger partial charge in [-0.05, 0) is 24.5 Å². The average molecular weight is 511 g/mol. The zero-order valence-corrected chi connectivity index (χ0v) is 17.8. The van der Waals surface area contributed by atoms with Crippen molar-refractivity contribution in [1.29, 1.82) is 0 Å². The molecule has 0 saturated carbocycles. The molecule has 0 bridgehead atoms. The molecule has 7 heteroatoms. The van der Waals surface area contributed by atoms with E-state index < -0.39 is 23.2 Å². The monoisotopic (exact) mass is 511 g/mol. The lowest BCUT2D eigenvalue weighted by molar-refractivity contribution is -0.146. The van der Waals surface area contributed by atoms with Crippen LogP contribution in [0.2, 0.25) is 0 Å². The highest BCUT2D eigenvalue weighted by Gasteiger charge is 2.49. The lowest BCUT2D eigenvalue weighted by Crippen LogP contribution is -2.39. The van der Waals surface area contributed by atoms with Crippen LogP contribution in [0.25, 0.3) is 0 Å². The van der Waals surface area contributed by atoms with Crippen LogP contribution in [0.3, 0.4) is 0 Å². The fraction of sp³-hybridized carbons (Fsp3) is 0.364. The number of alkyl halides is 1. The van der Waals surface area contributed by atoms with Crippen molar-refractivity contribution in [2.45, 2.75) is 30.9 Å². The van der Waals surface area contributed by atoms with Gasteiger partial charge in [-0.25, -0.2) is 8.78 Å². The summed E-state index contributed by atoms with van der Waals surface area (Å²) in [5.74, 6) is -2.37.